The number of hydrogen-bond donors (Lipinski definition) is 0. The Hall–Kier alpha value is -5.12. The molecule has 48 heavy (non-hydrogen) atoms. The third-order valence-electron chi connectivity index (χ3n) is 7.83. The molecule has 0 aliphatic carbocycles. The highest BCUT2D eigenvalue weighted by molar-refractivity contribution is 5.89. The molecule has 5 aromatic rings. The molecular formula is C44H40O4. The molecule has 4 heteroatoms. The molecule has 5 rings (SSSR count). The Labute approximate surface area is 285 Å². The van der Waals surface area contributed by atoms with Crippen LogP contribution in [0.1, 0.15) is 57.0 Å². The number of fused-ring (bicyclic) bond motifs is 1. The molecule has 0 aromatic heterocycles. The molecule has 0 amide bonds. The third-order valence-corrected chi connectivity index (χ3v) is 7.83. The van der Waals surface area contributed by atoms with Crippen molar-refractivity contribution in [3.63, 3.8) is 0 Å². The van der Waals surface area contributed by atoms with Crippen LogP contribution < -0.4 is 0 Å². The fourth-order valence-corrected chi connectivity index (χ4v) is 5.25. The van der Waals surface area contributed by atoms with E-state index in [2.05, 4.69) is 104 Å². The molecule has 4 nitrogen and oxygen atoms in total. The van der Waals surface area contributed by atoms with E-state index in [1.54, 1.807) is 14.2 Å². The standard InChI is InChI=1S/C44H40O4/c1-33-16-20-35(21-17-33)10-9-15-44(48-32-46-4)43-14-8-6-12-38(43)27-29-42-39(26-25-37-11-5-7-13-41(37)42)30-40(47-31-45-3)28-24-36-22-18-34(2)19-23-36/h5-8,11-14,16-23,25-26,40,44H,15,30-32H2,1-4H3/t40-,44?/m0/s1. The van der Waals surface area contributed by atoms with Crippen molar-refractivity contribution in [3.8, 4) is 35.5 Å². The lowest BCUT2D eigenvalue weighted by atomic mass is 9.94. The average molecular weight is 633 g/mol. The van der Waals surface area contributed by atoms with Gasteiger partial charge < -0.3 is 18.9 Å². The van der Waals surface area contributed by atoms with Crippen LogP contribution in [0.3, 0.4) is 0 Å². The van der Waals surface area contributed by atoms with E-state index in [1.165, 1.54) is 11.1 Å². The summed E-state index contributed by atoms with van der Waals surface area (Å²) in [5, 5.41) is 2.19. The monoisotopic (exact) mass is 632 g/mol. The third kappa shape index (κ3) is 9.70. The Bertz CT molecular complexity index is 1990. The van der Waals surface area contributed by atoms with Crippen LogP contribution in [-0.2, 0) is 25.4 Å². The number of rotatable bonds is 10. The Morgan fingerprint density at radius 3 is 1.98 bits per heavy atom. The van der Waals surface area contributed by atoms with Gasteiger partial charge >= 0.3 is 0 Å². The molecule has 2 atom stereocenters. The quantitative estimate of drug-likeness (QED) is 0.114. The second-order valence-corrected chi connectivity index (χ2v) is 11.5. The second kappa shape index (κ2) is 17.7. The summed E-state index contributed by atoms with van der Waals surface area (Å²) in [6, 6.07) is 37.0. The largest absolute Gasteiger partial charge is 0.359 e. The highest BCUT2D eigenvalue weighted by atomic mass is 16.7. The zero-order valence-electron chi connectivity index (χ0n) is 28.0. The van der Waals surface area contributed by atoms with E-state index in [0.29, 0.717) is 12.8 Å². The predicted molar refractivity (Wildman–Crippen MR) is 193 cm³/mol. The average Bonchev–Trinajstić information content (AvgIpc) is 3.12. The zero-order chi connectivity index (χ0) is 33.6. The smallest absolute Gasteiger partial charge is 0.148 e. The second-order valence-electron chi connectivity index (χ2n) is 11.5. The first-order chi connectivity index (χ1) is 23.5. The van der Waals surface area contributed by atoms with Crippen molar-refractivity contribution in [2.45, 2.75) is 38.9 Å². The number of ether oxygens (including phenoxy) is 4. The van der Waals surface area contributed by atoms with E-state index in [4.69, 9.17) is 18.9 Å². The molecule has 0 heterocycles. The molecule has 0 saturated heterocycles. The maximum absolute atomic E-state index is 6.15. The van der Waals surface area contributed by atoms with Gasteiger partial charge in [-0.25, -0.2) is 0 Å². The minimum Gasteiger partial charge on any atom is -0.359 e. The molecule has 0 aliphatic heterocycles. The lowest BCUT2D eigenvalue weighted by Gasteiger charge is -2.17. The fraction of sp³-hybridized carbons (Fsp3) is 0.227. The van der Waals surface area contributed by atoms with Gasteiger partial charge in [-0.05, 0) is 66.1 Å². The van der Waals surface area contributed by atoms with Gasteiger partial charge in [-0.3, -0.25) is 0 Å². The van der Waals surface area contributed by atoms with Crippen LogP contribution in [-0.4, -0.2) is 33.9 Å². The van der Waals surface area contributed by atoms with Crippen LogP contribution in [0, 0.1) is 49.4 Å². The van der Waals surface area contributed by atoms with E-state index in [0.717, 1.165) is 44.2 Å². The minimum absolute atomic E-state index is 0.144. The number of methoxy groups -OCH3 is 2. The highest BCUT2D eigenvalue weighted by Gasteiger charge is 2.16. The summed E-state index contributed by atoms with van der Waals surface area (Å²) < 4.78 is 22.7. The molecule has 0 saturated carbocycles. The summed E-state index contributed by atoms with van der Waals surface area (Å²) >= 11 is 0. The maximum Gasteiger partial charge on any atom is 0.148 e. The van der Waals surface area contributed by atoms with E-state index in [-0.39, 0.29) is 25.8 Å². The summed E-state index contributed by atoms with van der Waals surface area (Å²) in [5.41, 5.74) is 8.15. The first kappa shape index (κ1) is 34.2. The molecule has 0 bridgehead atoms. The number of aryl methyl sites for hydroxylation is 2. The molecule has 240 valence electrons. The van der Waals surface area contributed by atoms with Gasteiger partial charge in [-0.2, -0.15) is 0 Å². The summed E-state index contributed by atoms with van der Waals surface area (Å²) in [6.07, 6.45) is 0.337. The Kier molecular flexibility index (Phi) is 12.6. The fourth-order valence-electron chi connectivity index (χ4n) is 5.25. The van der Waals surface area contributed by atoms with E-state index in [9.17, 15) is 0 Å². The highest BCUT2D eigenvalue weighted by Crippen LogP contribution is 2.27. The molecule has 0 radical (unpaired) electrons. The number of benzene rings is 5. The van der Waals surface area contributed by atoms with Crippen LogP contribution in [0.2, 0.25) is 0 Å². The molecule has 0 N–H and O–H groups in total. The van der Waals surface area contributed by atoms with Crippen molar-refractivity contribution in [3.05, 3.63) is 154 Å². The number of hydrogen-bond acceptors (Lipinski definition) is 4. The van der Waals surface area contributed by atoms with Crippen molar-refractivity contribution in [2.75, 3.05) is 27.8 Å². The topological polar surface area (TPSA) is 36.9 Å². The van der Waals surface area contributed by atoms with Crippen LogP contribution >= 0.6 is 0 Å². The van der Waals surface area contributed by atoms with Gasteiger partial charge in [0.1, 0.15) is 19.7 Å². The van der Waals surface area contributed by atoms with E-state index >= 15 is 0 Å². The van der Waals surface area contributed by atoms with Crippen molar-refractivity contribution < 1.29 is 18.9 Å². The van der Waals surface area contributed by atoms with Gasteiger partial charge in [0, 0.05) is 49.3 Å². The summed E-state index contributed by atoms with van der Waals surface area (Å²) in [6.45, 7) is 4.43. The van der Waals surface area contributed by atoms with Crippen LogP contribution in [0.25, 0.3) is 10.8 Å². The van der Waals surface area contributed by atoms with Crippen LogP contribution in [0.5, 0.6) is 0 Å². The molecular weight excluding hydrogens is 592 g/mol. The molecule has 0 fully saturated rings. The van der Waals surface area contributed by atoms with Gasteiger partial charge in [0.2, 0.25) is 0 Å². The van der Waals surface area contributed by atoms with Crippen molar-refractivity contribution in [2.24, 2.45) is 0 Å². The molecule has 1 unspecified atom stereocenters. The predicted octanol–water partition coefficient (Wildman–Crippen LogP) is 8.54. The summed E-state index contributed by atoms with van der Waals surface area (Å²) in [7, 11) is 3.24. The minimum atomic E-state index is -0.390. The van der Waals surface area contributed by atoms with Crippen LogP contribution in [0.4, 0.5) is 0 Å². The lowest BCUT2D eigenvalue weighted by molar-refractivity contribution is -0.0714. The lowest BCUT2D eigenvalue weighted by Crippen LogP contribution is -2.16. The molecule has 0 aliphatic rings. The summed E-state index contributed by atoms with van der Waals surface area (Å²) in [4.78, 5) is 0. The van der Waals surface area contributed by atoms with Crippen LogP contribution in [0.15, 0.2) is 109 Å². The van der Waals surface area contributed by atoms with Crippen molar-refractivity contribution in [1.82, 2.24) is 0 Å². The van der Waals surface area contributed by atoms with Crippen molar-refractivity contribution >= 4 is 10.8 Å². The van der Waals surface area contributed by atoms with Crippen molar-refractivity contribution in [1.29, 1.82) is 0 Å². The summed E-state index contributed by atoms with van der Waals surface area (Å²) in [5.74, 6) is 20.2. The van der Waals surface area contributed by atoms with E-state index < -0.39 is 0 Å². The van der Waals surface area contributed by atoms with Gasteiger partial charge in [0.15, 0.2) is 0 Å². The Morgan fingerprint density at radius 2 is 1.25 bits per heavy atom. The van der Waals surface area contributed by atoms with Gasteiger partial charge in [-0.1, -0.05) is 126 Å². The van der Waals surface area contributed by atoms with Gasteiger partial charge in [0.05, 0.1) is 6.10 Å². The molecule has 0 spiro atoms. The normalized spacial score (nSPS) is 11.8. The first-order valence-electron chi connectivity index (χ1n) is 16.0. The Morgan fingerprint density at radius 1 is 0.604 bits per heavy atom. The SMILES string of the molecule is COCOC(CC#Cc1ccc(C)cc1)c1ccccc1C#Cc1c(C[C@H](C#Cc2ccc(C)cc2)OCOC)ccc2ccccc12. The van der Waals surface area contributed by atoms with Gasteiger partial charge in [-0.15, -0.1) is 0 Å². The first-order valence-corrected chi connectivity index (χ1v) is 16.0. The Balaban J connectivity index is 1.49. The maximum atomic E-state index is 6.15. The zero-order valence-corrected chi connectivity index (χ0v) is 28.0. The molecule has 5 aromatic carbocycles. The van der Waals surface area contributed by atoms with E-state index in [1.807, 2.05) is 54.6 Å². The van der Waals surface area contributed by atoms with Gasteiger partial charge in [0.25, 0.3) is 0 Å².